The first-order valence-electron chi connectivity index (χ1n) is 9.30. The minimum atomic E-state index is -1.75. The molecular formula is C20H24O6. The zero-order valence-corrected chi connectivity index (χ0v) is 14.1. The highest BCUT2D eigenvalue weighted by atomic mass is 16.5. The Labute approximate surface area is 155 Å². The largest absolute Gasteiger partial charge is 0.388 e. The number of benzene rings is 2. The van der Waals surface area contributed by atoms with Crippen LogP contribution in [0, 0.1) is 0 Å². The molecular weight excluding hydrogens is 336 g/mol. The normalized spacial score (nSPS) is 19.3. The van der Waals surface area contributed by atoms with Crippen molar-refractivity contribution in [3.05, 3.63) is 71.8 Å². The molecule has 6 atom stereocenters. The molecule has 6 heteroatoms. The summed E-state index contributed by atoms with van der Waals surface area (Å²) in [7, 11) is 0. The maximum absolute atomic E-state index is 11.0. The summed E-state index contributed by atoms with van der Waals surface area (Å²) in [5, 5.41) is 30.4. The van der Waals surface area contributed by atoms with Crippen LogP contribution in [0.4, 0.5) is 0 Å². The number of carbonyl (C=O) groups excluding carboxylic acids is 1. The fourth-order valence-corrected chi connectivity index (χ4v) is 2.22. The molecule has 0 aliphatic rings. The monoisotopic (exact) mass is 362 g/mol. The van der Waals surface area contributed by atoms with E-state index in [1.54, 1.807) is 60.7 Å². The van der Waals surface area contributed by atoms with Crippen LogP contribution in [0.1, 0.15) is 13.9 Å². The predicted molar refractivity (Wildman–Crippen MR) is 95.2 cm³/mol. The third-order valence-electron chi connectivity index (χ3n) is 3.65. The van der Waals surface area contributed by atoms with Gasteiger partial charge in [-0.1, -0.05) is 60.7 Å². The second-order valence-corrected chi connectivity index (χ2v) is 5.68. The van der Waals surface area contributed by atoms with Crippen molar-refractivity contribution < 1.29 is 32.3 Å². The number of hydrogen-bond acceptors (Lipinski definition) is 6. The van der Waals surface area contributed by atoms with Gasteiger partial charge in [0.2, 0.25) is 0 Å². The van der Waals surface area contributed by atoms with Crippen molar-refractivity contribution in [3.63, 3.8) is 0 Å². The fourth-order valence-electron chi connectivity index (χ4n) is 2.22. The van der Waals surface area contributed by atoms with Crippen LogP contribution in [0.3, 0.4) is 0 Å². The van der Waals surface area contributed by atoms with Crippen LogP contribution < -0.4 is 0 Å². The second-order valence-electron chi connectivity index (χ2n) is 5.68. The lowest BCUT2D eigenvalue weighted by Gasteiger charge is -2.28. The number of carbonyl (C=O) groups is 1. The summed E-state index contributed by atoms with van der Waals surface area (Å²) >= 11 is 0. The van der Waals surface area contributed by atoms with Crippen molar-refractivity contribution in [2.75, 3.05) is 6.61 Å². The Morgan fingerprint density at radius 3 is 2.00 bits per heavy atom. The molecule has 2 aromatic rings. The zero-order valence-electron chi connectivity index (χ0n) is 16.1. The lowest BCUT2D eigenvalue weighted by Crippen LogP contribution is -2.48. The molecule has 26 heavy (non-hydrogen) atoms. The average molecular weight is 362 g/mol. The summed E-state index contributed by atoms with van der Waals surface area (Å²) in [4.78, 5) is 11.0. The number of aliphatic hydroxyl groups excluding tert-OH is 3. The first kappa shape index (κ1) is 17.3. The van der Waals surface area contributed by atoms with Gasteiger partial charge in [0.05, 0.1) is 22.5 Å². The molecule has 0 aromatic heterocycles. The Bertz CT molecular complexity index is 702. The van der Waals surface area contributed by atoms with Gasteiger partial charge >= 0.3 is 0 Å². The van der Waals surface area contributed by atoms with Crippen LogP contribution in [0.5, 0.6) is 0 Å². The second kappa shape index (κ2) is 10.8. The third kappa shape index (κ3) is 6.33. The standard InChI is InChI=1S/C20H24O6/c21-11-17(22)20(26-13-16-9-5-2-6-10-16)19(24)18(23)14-25-12-15-7-3-1-4-8-15/h1-11,17-20,22-24H,12-14H2/t17-,18+,19+,20+/m0/s1/i12D,13D/t12?,13?,17-,18+,19+,20+. The molecule has 2 unspecified atom stereocenters. The number of rotatable bonds is 11. The first-order chi connectivity index (χ1) is 13.4. The summed E-state index contributed by atoms with van der Waals surface area (Å²) in [5.41, 5.74) is 1.03. The molecule has 2 aromatic carbocycles. The van der Waals surface area contributed by atoms with E-state index in [0.717, 1.165) is 0 Å². The van der Waals surface area contributed by atoms with Crippen LogP contribution in [0.25, 0.3) is 0 Å². The smallest absolute Gasteiger partial charge is 0.151 e. The molecule has 0 spiro atoms. The van der Waals surface area contributed by atoms with Crippen LogP contribution in [-0.4, -0.2) is 52.6 Å². The highest BCUT2D eigenvalue weighted by molar-refractivity contribution is 5.56. The van der Waals surface area contributed by atoms with Gasteiger partial charge in [0.25, 0.3) is 0 Å². The quantitative estimate of drug-likeness (QED) is 0.518. The number of aliphatic hydroxyl groups is 3. The van der Waals surface area contributed by atoms with Gasteiger partial charge in [0.1, 0.15) is 24.4 Å². The molecule has 0 amide bonds. The van der Waals surface area contributed by atoms with Gasteiger partial charge in [-0.05, 0) is 11.1 Å². The van der Waals surface area contributed by atoms with E-state index in [4.69, 9.17) is 12.2 Å². The summed E-state index contributed by atoms with van der Waals surface area (Å²) in [6, 6.07) is 17.1. The molecule has 6 nitrogen and oxygen atoms in total. The van der Waals surface area contributed by atoms with Gasteiger partial charge in [-0.15, -0.1) is 0 Å². The maximum atomic E-state index is 11.0. The Kier molecular flexibility index (Phi) is 7.20. The van der Waals surface area contributed by atoms with Crippen LogP contribution in [0.2, 0.25) is 0 Å². The van der Waals surface area contributed by atoms with Gasteiger partial charge in [0, 0.05) is 0 Å². The van der Waals surface area contributed by atoms with Gasteiger partial charge in [-0.25, -0.2) is 0 Å². The molecule has 0 fully saturated rings. The lowest BCUT2D eigenvalue weighted by atomic mass is 10.0. The van der Waals surface area contributed by atoms with Crippen molar-refractivity contribution in [3.8, 4) is 0 Å². The molecule has 0 bridgehead atoms. The van der Waals surface area contributed by atoms with Gasteiger partial charge in [-0.2, -0.15) is 0 Å². The number of hydrogen-bond donors (Lipinski definition) is 3. The van der Waals surface area contributed by atoms with Crippen molar-refractivity contribution in [1.29, 1.82) is 0 Å². The van der Waals surface area contributed by atoms with E-state index in [9.17, 15) is 20.1 Å². The molecule has 0 aliphatic carbocycles. The number of ether oxygens (including phenoxy) is 2. The lowest BCUT2D eigenvalue weighted by molar-refractivity contribution is -0.156. The molecule has 0 radical (unpaired) electrons. The first-order valence-corrected chi connectivity index (χ1v) is 8.15. The van der Waals surface area contributed by atoms with Crippen LogP contribution in [0.15, 0.2) is 60.7 Å². The highest BCUT2D eigenvalue weighted by Crippen LogP contribution is 2.13. The minimum absolute atomic E-state index is 0.163. The van der Waals surface area contributed by atoms with Gasteiger partial charge in [-0.3, -0.25) is 0 Å². The van der Waals surface area contributed by atoms with Gasteiger partial charge < -0.3 is 29.6 Å². The summed E-state index contributed by atoms with van der Waals surface area (Å²) < 4.78 is 26.5. The Morgan fingerprint density at radius 2 is 1.46 bits per heavy atom. The highest BCUT2D eigenvalue weighted by Gasteiger charge is 2.33. The van der Waals surface area contributed by atoms with E-state index in [2.05, 4.69) is 0 Å². The maximum Gasteiger partial charge on any atom is 0.151 e. The third-order valence-corrected chi connectivity index (χ3v) is 3.65. The van der Waals surface area contributed by atoms with Crippen LogP contribution >= 0.6 is 0 Å². The summed E-state index contributed by atoms with van der Waals surface area (Å²) in [6.07, 6.45) is -6.38. The molecule has 2 rings (SSSR count). The van der Waals surface area contributed by atoms with E-state index in [-0.39, 0.29) is 6.29 Å². The Morgan fingerprint density at radius 1 is 0.923 bits per heavy atom. The summed E-state index contributed by atoms with van der Waals surface area (Å²) in [6.45, 7) is -2.78. The van der Waals surface area contributed by atoms with Crippen LogP contribution in [-0.2, 0) is 27.4 Å². The zero-order chi connectivity index (χ0) is 20.5. The molecule has 140 valence electrons. The Balaban J connectivity index is 1.98. The van der Waals surface area contributed by atoms with Crippen molar-refractivity contribution in [1.82, 2.24) is 0 Å². The van der Waals surface area contributed by atoms with Crippen molar-refractivity contribution >= 4 is 6.29 Å². The summed E-state index contributed by atoms with van der Waals surface area (Å²) in [5.74, 6) is 0. The Hall–Kier alpha value is -2.09. The minimum Gasteiger partial charge on any atom is -0.388 e. The predicted octanol–water partition coefficient (Wildman–Crippen LogP) is 1.07. The van der Waals surface area contributed by atoms with E-state index in [1.807, 2.05) is 0 Å². The molecule has 0 saturated carbocycles. The van der Waals surface area contributed by atoms with E-state index in [1.165, 1.54) is 0 Å². The molecule has 0 aliphatic heterocycles. The van der Waals surface area contributed by atoms with Crippen molar-refractivity contribution in [2.24, 2.45) is 0 Å². The van der Waals surface area contributed by atoms with Gasteiger partial charge in [0.15, 0.2) is 6.29 Å². The number of aldehydes is 1. The average Bonchev–Trinajstić information content (AvgIpc) is 2.75. The van der Waals surface area contributed by atoms with E-state index in [0.29, 0.717) is 11.1 Å². The van der Waals surface area contributed by atoms with E-state index < -0.39 is 44.2 Å². The fraction of sp³-hybridized carbons (Fsp3) is 0.350. The topological polar surface area (TPSA) is 96.2 Å². The van der Waals surface area contributed by atoms with Crippen molar-refractivity contribution in [2.45, 2.75) is 37.6 Å². The van der Waals surface area contributed by atoms with E-state index >= 15 is 0 Å². The molecule has 3 N–H and O–H groups in total. The molecule has 0 saturated heterocycles. The SMILES string of the molecule is [2H]C(OC[C@@H](O)[C@@H](O)[C@H](OC([2H])c1ccccc1)[C@@H](O)C=O)c1ccccc1. The molecule has 0 heterocycles.